The molecule has 2 atom stereocenters. The molecule has 0 saturated heterocycles. The summed E-state index contributed by atoms with van der Waals surface area (Å²) in [6, 6.07) is 9.50. The summed E-state index contributed by atoms with van der Waals surface area (Å²) >= 11 is 0. The molecule has 2 unspecified atom stereocenters. The van der Waals surface area contributed by atoms with Gasteiger partial charge in [-0.1, -0.05) is 30.3 Å². The molecule has 1 aliphatic rings. The molecule has 3 aromatic rings. The van der Waals surface area contributed by atoms with Gasteiger partial charge in [0.2, 0.25) is 12.3 Å². The molecule has 1 aliphatic carbocycles. The first-order valence-electron chi connectivity index (χ1n) is 11.8. The third-order valence-electron chi connectivity index (χ3n) is 6.50. The fourth-order valence-electron chi connectivity index (χ4n) is 4.52. The molecule has 1 N–H and O–H groups in total. The van der Waals surface area contributed by atoms with Crippen LogP contribution in [-0.2, 0) is 16.1 Å². The van der Waals surface area contributed by atoms with Crippen molar-refractivity contribution in [3.05, 3.63) is 65.6 Å². The average Bonchev–Trinajstić information content (AvgIpc) is 3.28. The van der Waals surface area contributed by atoms with Gasteiger partial charge in [-0.25, -0.2) is 31.9 Å². The van der Waals surface area contributed by atoms with Gasteiger partial charge in [0.15, 0.2) is 5.65 Å². The number of alkyl halides is 4. The first kappa shape index (κ1) is 29.5. The molecule has 2 heterocycles. The van der Waals surface area contributed by atoms with Crippen LogP contribution in [0, 0.1) is 5.92 Å². The predicted octanol–water partition coefficient (Wildman–Crippen LogP) is 1.01. The number of aromatic nitrogens is 3. The number of ether oxygens (including phenoxy) is 1. The fraction of sp³-hybridized carbons (Fsp3) is 0.440. The van der Waals surface area contributed by atoms with E-state index in [1.165, 1.54) is 16.8 Å². The third kappa shape index (κ3) is 7.48. The number of aliphatic carboxylic acids is 1. The molecule has 0 bridgehead atoms. The quantitative estimate of drug-likeness (QED) is 0.328. The number of carbonyl (C=O) groups excluding carboxylic acids is 2. The van der Waals surface area contributed by atoms with Gasteiger partial charge in [-0.15, -0.1) is 0 Å². The average molecular weight is 528 g/mol. The number of imidazole rings is 1. The number of nitrogens with one attached hydrogen (secondary N) is 1. The van der Waals surface area contributed by atoms with Crippen LogP contribution in [0.1, 0.15) is 60.9 Å². The zero-order valence-electron chi connectivity index (χ0n) is 20.7. The molecular formula is C25H25F4LiN4O4. The van der Waals surface area contributed by atoms with Gasteiger partial charge in [0.25, 0.3) is 0 Å². The topological polar surface area (TPSA) is 109 Å². The largest absolute Gasteiger partial charge is 1.00 e. The Morgan fingerprint density at radius 3 is 2.50 bits per heavy atom. The Bertz CT molecular complexity index is 1230. The van der Waals surface area contributed by atoms with Crippen LogP contribution in [0.2, 0.25) is 0 Å². The van der Waals surface area contributed by atoms with Crippen molar-refractivity contribution in [1.29, 1.82) is 0 Å². The van der Waals surface area contributed by atoms with Crippen molar-refractivity contribution >= 4 is 17.7 Å². The first-order valence-corrected chi connectivity index (χ1v) is 11.8. The van der Waals surface area contributed by atoms with E-state index in [1.54, 1.807) is 24.3 Å². The number of hydrogen-bond acceptors (Lipinski definition) is 6. The smallest absolute Gasteiger partial charge is 0.549 e. The van der Waals surface area contributed by atoms with Gasteiger partial charge in [-0.2, -0.15) is 5.10 Å². The summed E-state index contributed by atoms with van der Waals surface area (Å²) in [6.45, 7) is 0.00691. The molecule has 4 rings (SSSR count). The van der Waals surface area contributed by atoms with Crippen molar-refractivity contribution in [2.45, 2.75) is 63.0 Å². The normalized spacial score (nSPS) is 17.0. The van der Waals surface area contributed by atoms with E-state index in [2.05, 4.69) is 15.4 Å². The minimum absolute atomic E-state index is 0. The van der Waals surface area contributed by atoms with E-state index in [-0.39, 0.29) is 68.3 Å². The standard InChI is InChI=1S/C25H26F4N4O4.Li/c26-20(27)11-18(23(34)35)17-10-21-31-19(13-33(21)30-12-17)22(16-6-8-25(28,29)9-7-16)32-24(36)37-14-15-4-2-1-3-5-15;/h1-5,10,12-13,16,18,20,22H,6-9,11,14H2,(H,32,36)(H,34,35);/q;+1/p-1. The molecule has 1 aromatic carbocycles. The van der Waals surface area contributed by atoms with Crippen molar-refractivity contribution in [1.82, 2.24) is 19.9 Å². The number of rotatable bonds is 9. The molecule has 2 aromatic heterocycles. The Kier molecular flexibility index (Phi) is 9.79. The summed E-state index contributed by atoms with van der Waals surface area (Å²) in [5.41, 5.74) is 1.21. The fourth-order valence-corrected chi connectivity index (χ4v) is 4.52. The van der Waals surface area contributed by atoms with Gasteiger partial charge in [-0.3, -0.25) is 0 Å². The Balaban J connectivity index is 0.00000400. The molecule has 0 radical (unpaired) electrons. The molecule has 1 saturated carbocycles. The van der Waals surface area contributed by atoms with Gasteiger partial charge in [0.05, 0.1) is 24.1 Å². The number of amides is 1. The third-order valence-corrected chi connectivity index (χ3v) is 6.50. The number of fused-ring (bicyclic) bond motifs is 1. The van der Waals surface area contributed by atoms with Crippen LogP contribution in [-0.4, -0.2) is 39.0 Å². The zero-order valence-corrected chi connectivity index (χ0v) is 20.7. The van der Waals surface area contributed by atoms with Crippen LogP contribution in [0.3, 0.4) is 0 Å². The number of carboxylic acid groups (broad SMARTS) is 1. The molecule has 38 heavy (non-hydrogen) atoms. The summed E-state index contributed by atoms with van der Waals surface area (Å²) in [7, 11) is 0. The molecule has 13 heteroatoms. The molecule has 8 nitrogen and oxygen atoms in total. The van der Waals surface area contributed by atoms with Crippen molar-refractivity contribution in [3.63, 3.8) is 0 Å². The Labute approximate surface area is 227 Å². The van der Waals surface area contributed by atoms with E-state index in [0.29, 0.717) is 5.69 Å². The van der Waals surface area contributed by atoms with Crippen molar-refractivity contribution in [2.75, 3.05) is 0 Å². The SMILES string of the molecule is O=C(NC(c1cn2ncc(C(CC(F)F)C(=O)[O-])cc2n1)C1CCC(F)(F)CC1)OCc1ccccc1.[Li+]. The monoisotopic (exact) mass is 528 g/mol. The second-order valence-corrected chi connectivity index (χ2v) is 9.13. The van der Waals surface area contributed by atoms with E-state index in [4.69, 9.17) is 4.74 Å². The number of benzene rings is 1. The summed E-state index contributed by atoms with van der Waals surface area (Å²) in [5, 5.41) is 18.2. The van der Waals surface area contributed by atoms with Crippen LogP contribution in [0.5, 0.6) is 0 Å². The number of carbonyl (C=O) groups is 2. The number of halogens is 4. The molecule has 198 valence electrons. The van der Waals surface area contributed by atoms with E-state index < -0.39 is 42.8 Å². The molecule has 0 spiro atoms. The second kappa shape index (κ2) is 12.6. The summed E-state index contributed by atoms with van der Waals surface area (Å²) < 4.78 is 60.0. The minimum Gasteiger partial charge on any atom is -0.549 e. The van der Waals surface area contributed by atoms with E-state index in [9.17, 15) is 32.3 Å². The maximum atomic E-state index is 13.8. The maximum Gasteiger partial charge on any atom is 1.00 e. The van der Waals surface area contributed by atoms with Crippen molar-refractivity contribution < 1.29 is 55.9 Å². The number of carboxylic acids is 1. The first-order chi connectivity index (χ1) is 17.6. The minimum atomic E-state index is -2.87. The molecular weight excluding hydrogens is 503 g/mol. The predicted molar refractivity (Wildman–Crippen MR) is 121 cm³/mol. The van der Waals surface area contributed by atoms with Crippen LogP contribution in [0.25, 0.3) is 5.65 Å². The van der Waals surface area contributed by atoms with Crippen LogP contribution in [0.15, 0.2) is 48.8 Å². The van der Waals surface area contributed by atoms with Gasteiger partial charge < -0.3 is 20.0 Å². The molecule has 0 aliphatic heterocycles. The van der Waals surface area contributed by atoms with Crippen LogP contribution >= 0.6 is 0 Å². The van der Waals surface area contributed by atoms with E-state index in [1.807, 2.05) is 6.07 Å². The molecule has 1 fully saturated rings. The Morgan fingerprint density at radius 2 is 1.87 bits per heavy atom. The van der Waals surface area contributed by atoms with Crippen molar-refractivity contribution in [2.24, 2.45) is 5.92 Å². The summed E-state index contributed by atoms with van der Waals surface area (Å²) in [6.07, 6.45) is -2.37. The van der Waals surface area contributed by atoms with Crippen LogP contribution in [0.4, 0.5) is 22.4 Å². The Hall–Kier alpha value is -3.10. The molecule has 1 amide bonds. The zero-order chi connectivity index (χ0) is 26.6. The van der Waals surface area contributed by atoms with Gasteiger partial charge in [0, 0.05) is 31.1 Å². The number of hydrogen-bond donors (Lipinski definition) is 1. The summed E-state index contributed by atoms with van der Waals surface area (Å²) in [5.74, 6) is -6.40. The van der Waals surface area contributed by atoms with Crippen molar-refractivity contribution in [3.8, 4) is 0 Å². The summed E-state index contributed by atoms with van der Waals surface area (Å²) in [4.78, 5) is 28.5. The van der Waals surface area contributed by atoms with Gasteiger partial charge in [0.1, 0.15) is 6.61 Å². The van der Waals surface area contributed by atoms with Crippen LogP contribution < -0.4 is 29.3 Å². The van der Waals surface area contributed by atoms with Gasteiger partial charge >= 0.3 is 25.0 Å². The van der Waals surface area contributed by atoms with E-state index in [0.717, 1.165) is 11.8 Å². The number of nitrogens with zero attached hydrogens (tertiary/aromatic N) is 3. The maximum absolute atomic E-state index is 13.8. The Morgan fingerprint density at radius 1 is 1.18 bits per heavy atom. The van der Waals surface area contributed by atoms with Gasteiger partial charge in [-0.05, 0) is 36.0 Å². The van der Waals surface area contributed by atoms with E-state index >= 15 is 0 Å². The number of alkyl carbamates (subject to hydrolysis) is 1. The second-order valence-electron chi connectivity index (χ2n) is 9.13.